The second kappa shape index (κ2) is 6.39. The van der Waals surface area contributed by atoms with Crippen LogP contribution < -0.4 is 10.6 Å². The molecule has 0 aliphatic carbocycles. The van der Waals surface area contributed by atoms with Crippen molar-refractivity contribution in [3.63, 3.8) is 0 Å². The van der Waals surface area contributed by atoms with Gasteiger partial charge in [0.05, 0.1) is 11.9 Å². The van der Waals surface area contributed by atoms with E-state index in [1.807, 2.05) is 38.1 Å². The molecule has 0 fully saturated rings. The molecule has 2 N–H and O–H groups in total. The largest absolute Gasteiger partial charge is 0.340 e. The number of carbonyl (C=O) groups excluding carboxylic acids is 1. The Hall–Kier alpha value is -2.36. The Morgan fingerprint density at radius 1 is 1.14 bits per heavy atom. The first kappa shape index (κ1) is 15.0. The molecule has 0 saturated carbocycles. The summed E-state index contributed by atoms with van der Waals surface area (Å²) >= 11 is 0. The number of hydrogen-bond acceptors (Lipinski definition) is 3. The molecule has 2 aromatic rings. The highest BCUT2D eigenvalue weighted by Gasteiger charge is 2.07. The molecule has 4 heteroatoms. The van der Waals surface area contributed by atoms with Crippen LogP contribution in [0.5, 0.6) is 0 Å². The van der Waals surface area contributed by atoms with Crippen LogP contribution in [-0.2, 0) is 4.79 Å². The van der Waals surface area contributed by atoms with Gasteiger partial charge in [-0.15, -0.1) is 0 Å². The maximum Gasteiger partial charge on any atom is 0.226 e. The van der Waals surface area contributed by atoms with Crippen LogP contribution in [0.2, 0.25) is 0 Å². The van der Waals surface area contributed by atoms with E-state index in [-0.39, 0.29) is 11.8 Å². The molecule has 0 aliphatic rings. The zero-order valence-electron chi connectivity index (χ0n) is 12.9. The maximum atomic E-state index is 11.6. The molecule has 1 heterocycles. The van der Waals surface area contributed by atoms with Crippen molar-refractivity contribution in [1.29, 1.82) is 0 Å². The van der Waals surface area contributed by atoms with Gasteiger partial charge in [0.15, 0.2) is 0 Å². The molecular formula is C17H21N3O. The van der Waals surface area contributed by atoms with Gasteiger partial charge in [0.25, 0.3) is 0 Å². The number of amides is 1. The number of hydrogen-bond donors (Lipinski definition) is 2. The lowest BCUT2D eigenvalue weighted by Gasteiger charge is -2.12. The van der Waals surface area contributed by atoms with Gasteiger partial charge in [-0.05, 0) is 43.2 Å². The quantitative estimate of drug-likeness (QED) is 0.890. The molecule has 0 saturated heterocycles. The minimum Gasteiger partial charge on any atom is -0.340 e. The van der Waals surface area contributed by atoms with Crippen LogP contribution in [-0.4, -0.2) is 10.9 Å². The monoisotopic (exact) mass is 283 g/mol. The summed E-state index contributed by atoms with van der Waals surface area (Å²) in [6, 6.07) is 9.83. The molecule has 0 spiro atoms. The molecule has 2 rings (SSSR count). The summed E-state index contributed by atoms with van der Waals surface area (Å²) in [5.41, 5.74) is 4.19. The number of carbonyl (C=O) groups is 1. The minimum absolute atomic E-state index is 0.00737. The molecule has 4 nitrogen and oxygen atoms in total. The third kappa shape index (κ3) is 3.81. The average Bonchev–Trinajstić information content (AvgIpc) is 2.46. The van der Waals surface area contributed by atoms with Gasteiger partial charge in [0.2, 0.25) is 5.91 Å². The molecule has 0 unspecified atom stereocenters. The van der Waals surface area contributed by atoms with Crippen molar-refractivity contribution in [2.75, 3.05) is 10.6 Å². The van der Waals surface area contributed by atoms with Crippen LogP contribution >= 0.6 is 0 Å². The lowest BCUT2D eigenvalue weighted by atomic mass is 10.1. The lowest BCUT2D eigenvalue weighted by molar-refractivity contribution is -0.118. The van der Waals surface area contributed by atoms with Crippen LogP contribution in [0.3, 0.4) is 0 Å². The Morgan fingerprint density at radius 3 is 2.52 bits per heavy atom. The van der Waals surface area contributed by atoms with Crippen molar-refractivity contribution < 1.29 is 4.79 Å². The Morgan fingerprint density at radius 2 is 1.90 bits per heavy atom. The predicted molar refractivity (Wildman–Crippen MR) is 86.9 cm³/mol. The smallest absolute Gasteiger partial charge is 0.226 e. The third-order valence-electron chi connectivity index (χ3n) is 3.42. The van der Waals surface area contributed by atoms with E-state index in [2.05, 4.69) is 35.5 Å². The second-order valence-electron chi connectivity index (χ2n) is 5.45. The van der Waals surface area contributed by atoms with Gasteiger partial charge in [-0.3, -0.25) is 4.79 Å². The van der Waals surface area contributed by atoms with Gasteiger partial charge in [-0.2, -0.15) is 0 Å². The number of anilines is 3. The van der Waals surface area contributed by atoms with Crippen LogP contribution in [0.4, 0.5) is 17.2 Å². The number of rotatable bonds is 4. The summed E-state index contributed by atoms with van der Waals surface area (Å²) in [5.74, 6) is 0.705. The summed E-state index contributed by atoms with van der Waals surface area (Å²) in [6.45, 7) is 7.88. The van der Waals surface area contributed by atoms with Crippen molar-refractivity contribution in [1.82, 2.24) is 4.98 Å². The summed E-state index contributed by atoms with van der Waals surface area (Å²) < 4.78 is 0. The highest BCUT2D eigenvalue weighted by Crippen LogP contribution is 2.22. The molecule has 0 atom stereocenters. The van der Waals surface area contributed by atoms with E-state index in [1.165, 1.54) is 11.1 Å². The van der Waals surface area contributed by atoms with Gasteiger partial charge in [-0.25, -0.2) is 4.98 Å². The van der Waals surface area contributed by atoms with Gasteiger partial charge in [-0.1, -0.05) is 26.0 Å². The van der Waals surface area contributed by atoms with Crippen LogP contribution in [0.1, 0.15) is 25.0 Å². The van der Waals surface area contributed by atoms with E-state index in [0.717, 1.165) is 11.5 Å². The molecule has 1 aromatic carbocycles. The van der Waals surface area contributed by atoms with Crippen LogP contribution in [0.15, 0.2) is 36.5 Å². The topological polar surface area (TPSA) is 54.0 Å². The first-order valence-corrected chi connectivity index (χ1v) is 7.07. The number of pyridine rings is 1. The second-order valence-corrected chi connectivity index (χ2v) is 5.45. The highest BCUT2D eigenvalue weighted by atomic mass is 16.1. The Kier molecular flexibility index (Phi) is 4.58. The fraction of sp³-hybridized carbons (Fsp3) is 0.294. The number of aryl methyl sites for hydroxylation is 1. The number of nitrogens with zero attached hydrogens (tertiary/aromatic N) is 1. The SMILES string of the molecule is Cc1cccc(Nc2ccc(NC(=O)C(C)C)cn2)c1C. The fourth-order valence-electron chi connectivity index (χ4n) is 1.85. The number of benzene rings is 1. The molecule has 1 amide bonds. The minimum atomic E-state index is -0.0438. The molecule has 0 bridgehead atoms. The molecule has 0 radical (unpaired) electrons. The molecule has 110 valence electrons. The van der Waals surface area contributed by atoms with Gasteiger partial charge in [0, 0.05) is 11.6 Å². The van der Waals surface area contributed by atoms with E-state index < -0.39 is 0 Å². The van der Waals surface area contributed by atoms with Crippen molar-refractivity contribution >= 4 is 23.1 Å². The molecule has 0 aliphatic heterocycles. The molecule has 21 heavy (non-hydrogen) atoms. The summed E-state index contributed by atoms with van der Waals surface area (Å²) in [4.78, 5) is 15.9. The standard InChI is InChI=1S/C17H21N3O/c1-11(2)17(21)19-14-8-9-16(18-10-14)20-15-7-5-6-12(3)13(15)4/h5-11H,1-4H3,(H,18,20)(H,19,21). The van der Waals surface area contributed by atoms with E-state index in [9.17, 15) is 4.79 Å². The maximum absolute atomic E-state index is 11.6. The average molecular weight is 283 g/mol. The summed E-state index contributed by atoms with van der Waals surface area (Å²) in [7, 11) is 0. The van der Waals surface area contributed by atoms with Crippen LogP contribution in [0.25, 0.3) is 0 Å². The lowest BCUT2D eigenvalue weighted by Crippen LogP contribution is -2.17. The van der Waals surface area contributed by atoms with E-state index in [0.29, 0.717) is 5.69 Å². The van der Waals surface area contributed by atoms with Gasteiger partial charge in [0.1, 0.15) is 5.82 Å². The third-order valence-corrected chi connectivity index (χ3v) is 3.42. The molecular weight excluding hydrogens is 262 g/mol. The Balaban J connectivity index is 2.09. The number of nitrogens with one attached hydrogen (secondary N) is 2. The number of aromatic nitrogens is 1. The first-order chi connectivity index (χ1) is 9.97. The Labute approximate surface area is 125 Å². The van der Waals surface area contributed by atoms with E-state index in [1.54, 1.807) is 6.20 Å². The fourth-order valence-corrected chi connectivity index (χ4v) is 1.85. The van der Waals surface area contributed by atoms with Crippen molar-refractivity contribution in [3.8, 4) is 0 Å². The zero-order chi connectivity index (χ0) is 15.4. The van der Waals surface area contributed by atoms with Crippen molar-refractivity contribution in [2.24, 2.45) is 5.92 Å². The van der Waals surface area contributed by atoms with E-state index in [4.69, 9.17) is 0 Å². The molecule has 1 aromatic heterocycles. The summed E-state index contributed by atoms with van der Waals surface area (Å²) in [6.07, 6.45) is 1.66. The normalized spacial score (nSPS) is 10.5. The van der Waals surface area contributed by atoms with Crippen molar-refractivity contribution in [2.45, 2.75) is 27.7 Å². The van der Waals surface area contributed by atoms with Crippen molar-refractivity contribution in [3.05, 3.63) is 47.7 Å². The van der Waals surface area contributed by atoms with Gasteiger partial charge < -0.3 is 10.6 Å². The van der Waals surface area contributed by atoms with E-state index >= 15 is 0 Å². The Bertz CT molecular complexity index is 633. The highest BCUT2D eigenvalue weighted by molar-refractivity contribution is 5.91. The predicted octanol–water partition coefficient (Wildman–Crippen LogP) is 4.04. The first-order valence-electron chi connectivity index (χ1n) is 7.07. The van der Waals surface area contributed by atoms with Crippen LogP contribution in [0, 0.1) is 19.8 Å². The zero-order valence-corrected chi connectivity index (χ0v) is 12.9. The van der Waals surface area contributed by atoms with Gasteiger partial charge >= 0.3 is 0 Å². The summed E-state index contributed by atoms with van der Waals surface area (Å²) in [5, 5.41) is 6.12.